The van der Waals surface area contributed by atoms with Crippen LogP contribution in [0.1, 0.15) is 12.8 Å². The Labute approximate surface area is 107 Å². The third-order valence-electron chi connectivity index (χ3n) is 2.88. The molecule has 0 saturated heterocycles. The zero-order valence-corrected chi connectivity index (χ0v) is 10.7. The van der Waals surface area contributed by atoms with Crippen LogP contribution in [0.2, 0.25) is 0 Å². The van der Waals surface area contributed by atoms with Crippen molar-refractivity contribution in [3.05, 3.63) is 36.7 Å². The van der Waals surface area contributed by atoms with E-state index >= 15 is 0 Å². The minimum atomic E-state index is 0.775. The highest BCUT2D eigenvalue weighted by molar-refractivity contribution is 5.59. The number of nitrogens with two attached hydrogens (primary N) is 1. The molecule has 2 aromatic rings. The number of benzene rings is 1. The van der Waals surface area contributed by atoms with Crippen LogP contribution >= 0.6 is 0 Å². The predicted octanol–water partition coefficient (Wildman–Crippen LogP) is 2.56. The second kappa shape index (κ2) is 6.21. The molecule has 0 amide bonds. The molecule has 0 aliphatic carbocycles. The Morgan fingerprint density at radius 3 is 2.72 bits per heavy atom. The van der Waals surface area contributed by atoms with Crippen LogP contribution in [-0.2, 0) is 11.3 Å². The SMILES string of the molecule is COCCCCn1ccnc1-c1ccc(N)cc1. The summed E-state index contributed by atoms with van der Waals surface area (Å²) in [6.07, 6.45) is 6.00. The minimum Gasteiger partial charge on any atom is -0.399 e. The Morgan fingerprint density at radius 2 is 2.00 bits per heavy atom. The Bertz CT molecular complexity index is 476. The number of ether oxygens (including phenoxy) is 1. The van der Waals surface area contributed by atoms with Crippen molar-refractivity contribution in [2.45, 2.75) is 19.4 Å². The lowest BCUT2D eigenvalue weighted by molar-refractivity contribution is 0.191. The summed E-state index contributed by atoms with van der Waals surface area (Å²) in [4.78, 5) is 4.41. The molecule has 0 fully saturated rings. The van der Waals surface area contributed by atoms with Gasteiger partial charge in [0, 0.05) is 43.9 Å². The number of methoxy groups -OCH3 is 1. The number of unbranched alkanes of at least 4 members (excludes halogenated alkanes) is 1. The van der Waals surface area contributed by atoms with Gasteiger partial charge in [0.25, 0.3) is 0 Å². The molecule has 1 aromatic carbocycles. The predicted molar refractivity (Wildman–Crippen MR) is 73.2 cm³/mol. The van der Waals surface area contributed by atoms with E-state index in [0.717, 1.165) is 43.1 Å². The van der Waals surface area contributed by atoms with E-state index in [1.165, 1.54) is 0 Å². The van der Waals surface area contributed by atoms with Gasteiger partial charge in [-0.25, -0.2) is 4.98 Å². The quantitative estimate of drug-likeness (QED) is 0.628. The second-order valence-electron chi connectivity index (χ2n) is 4.27. The van der Waals surface area contributed by atoms with Gasteiger partial charge in [-0.2, -0.15) is 0 Å². The van der Waals surface area contributed by atoms with Crippen molar-refractivity contribution in [2.75, 3.05) is 19.5 Å². The molecule has 0 atom stereocenters. The first-order valence-corrected chi connectivity index (χ1v) is 6.17. The van der Waals surface area contributed by atoms with E-state index in [1.807, 2.05) is 36.7 Å². The van der Waals surface area contributed by atoms with Gasteiger partial charge in [-0.15, -0.1) is 0 Å². The zero-order chi connectivity index (χ0) is 12.8. The Morgan fingerprint density at radius 1 is 1.22 bits per heavy atom. The van der Waals surface area contributed by atoms with Gasteiger partial charge < -0.3 is 15.0 Å². The molecule has 0 aliphatic rings. The lowest BCUT2D eigenvalue weighted by Crippen LogP contribution is -2.01. The number of nitrogen functional groups attached to an aromatic ring is 1. The largest absolute Gasteiger partial charge is 0.399 e. The molecule has 0 aliphatic heterocycles. The van der Waals surface area contributed by atoms with Crippen LogP contribution < -0.4 is 5.73 Å². The maximum atomic E-state index is 5.69. The number of rotatable bonds is 6. The molecule has 0 saturated carbocycles. The molecule has 4 heteroatoms. The normalized spacial score (nSPS) is 10.7. The summed E-state index contributed by atoms with van der Waals surface area (Å²) in [5, 5.41) is 0. The van der Waals surface area contributed by atoms with Gasteiger partial charge in [0.05, 0.1) is 0 Å². The van der Waals surface area contributed by atoms with E-state index in [0.29, 0.717) is 0 Å². The summed E-state index contributed by atoms with van der Waals surface area (Å²) in [5.41, 5.74) is 7.56. The lowest BCUT2D eigenvalue weighted by atomic mass is 10.2. The van der Waals surface area contributed by atoms with Crippen molar-refractivity contribution in [1.29, 1.82) is 0 Å². The molecule has 1 aromatic heterocycles. The molecule has 2 N–H and O–H groups in total. The fourth-order valence-corrected chi connectivity index (χ4v) is 1.91. The Balaban J connectivity index is 2.05. The fourth-order valence-electron chi connectivity index (χ4n) is 1.91. The Hall–Kier alpha value is -1.81. The third-order valence-corrected chi connectivity index (χ3v) is 2.88. The van der Waals surface area contributed by atoms with Crippen LogP contribution in [0.5, 0.6) is 0 Å². The van der Waals surface area contributed by atoms with Crippen LogP contribution in [0.15, 0.2) is 36.7 Å². The lowest BCUT2D eigenvalue weighted by Gasteiger charge is -2.08. The van der Waals surface area contributed by atoms with Crippen molar-refractivity contribution in [3.63, 3.8) is 0 Å². The van der Waals surface area contributed by atoms with Crippen LogP contribution in [0.3, 0.4) is 0 Å². The number of aromatic nitrogens is 2. The summed E-state index contributed by atoms with van der Waals surface area (Å²) in [6.45, 7) is 1.77. The van der Waals surface area contributed by atoms with Crippen molar-refractivity contribution in [1.82, 2.24) is 9.55 Å². The molecule has 1 heterocycles. The van der Waals surface area contributed by atoms with Gasteiger partial charge in [0.1, 0.15) is 5.82 Å². The van der Waals surface area contributed by atoms with Crippen molar-refractivity contribution in [3.8, 4) is 11.4 Å². The van der Waals surface area contributed by atoms with Gasteiger partial charge in [-0.05, 0) is 37.1 Å². The first kappa shape index (κ1) is 12.6. The average molecular weight is 245 g/mol. The molecular weight excluding hydrogens is 226 g/mol. The van der Waals surface area contributed by atoms with Crippen LogP contribution in [0.4, 0.5) is 5.69 Å². The molecule has 18 heavy (non-hydrogen) atoms. The van der Waals surface area contributed by atoms with Gasteiger partial charge in [-0.1, -0.05) is 0 Å². The minimum absolute atomic E-state index is 0.775. The topological polar surface area (TPSA) is 53.1 Å². The number of imidazole rings is 1. The standard InChI is InChI=1S/C14H19N3O/c1-18-11-3-2-9-17-10-8-16-14(17)12-4-6-13(15)7-5-12/h4-8,10H,2-3,9,11,15H2,1H3. The number of nitrogens with zero attached hydrogens (tertiary/aromatic N) is 2. The smallest absolute Gasteiger partial charge is 0.139 e. The third kappa shape index (κ3) is 3.11. The number of hydrogen-bond acceptors (Lipinski definition) is 3. The van der Waals surface area contributed by atoms with Crippen LogP contribution in [0, 0.1) is 0 Å². The summed E-state index contributed by atoms with van der Waals surface area (Å²) >= 11 is 0. The zero-order valence-electron chi connectivity index (χ0n) is 10.7. The van der Waals surface area contributed by atoms with Crippen LogP contribution in [-0.4, -0.2) is 23.3 Å². The molecule has 96 valence electrons. The molecule has 4 nitrogen and oxygen atoms in total. The van der Waals surface area contributed by atoms with Crippen LogP contribution in [0.25, 0.3) is 11.4 Å². The maximum absolute atomic E-state index is 5.69. The summed E-state index contributed by atoms with van der Waals surface area (Å²) in [7, 11) is 1.73. The molecular formula is C14H19N3O. The first-order chi connectivity index (χ1) is 8.81. The number of hydrogen-bond donors (Lipinski definition) is 1. The highest BCUT2D eigenvalue weighted by atomic mass is 16.5. The highest BCUT2D eigenvalue weighted by Gasteiger charge is 2.05. The van der Waals surface area contributed by atoms with E-state index < -0.39 is 0 Å². The van der Waals surface area contributed by atoms with E-state index in [-0.39, 0.29) is 0 Å². The summed E-state index contributed by atoms with van der Waals surface area (Å²) < 4.78 is 7.22. The van der Waals surface area contributed by atoms with E-state index in [4.69, 9.17) is 10.5 Å². The summed E-state index contributed by atoms with van der Waals surface area (Å²) in [6, 6.07) is 7.81. The highest BCUT2D eigenvalue weighted by Crippen LogP contribution is 2.19. The van der Waals surface area contributed by atoms with Gasteiger partial charge in [0.15, 0.2) is 0 Å². The van der Waals surface area contributed by atoms with Crippen molar-refractivity contribution < 1.29 is 4.74 Å². The van der Waals surface area contributed by atoms with Gasteiger partial charge >= 0.3 is 0 Å². The average Bonchev–Trinajstić information content (AvgIpc) is 2.84. The fraction of sp³-hybridized carbons (Fsp3) is 0.357. The van der Waals surface area contributed by atoms with E-state index in [9.17, 15) is 0 Å². The molecule has 0 spiro atoms. The second-order valence-corrected chi connectivity index (χ2v) is 4.27. The molecule has 2 rings (SSSR count). The van der Waals surface area contributed by atoms with Gasteiger partial charge in [0.2, 0.25) is 0 Å². The monoisotopic (exact) mass is 245 g/mol. The van der Waals surface area contributed by atoms with Crippen molar-refractivity contribution in [2.24, 2.45) is 0 Å². The number of anilines is 1. The number of aryl methyl sites for hydroxylation is 1. The Kier molecular flexibility index (Phi) is 4.36. The molecule has 0 bridgehead atoms. The maximum Gasteiger partial charge on any atom is 0.139 e. The summed E-state index contributed by atoms with van der Waals surface area (Å²) in [5.74, 6) is 0.993. The molecule has 0 radical (unpaired) electrons. The van der Waals surface area contributed by atoms with Crippen molar-refractivity contribution >= 4 is 5.69 Å². The van der Waals surface area contributed by atoms with Gasteiger partial charge in [-0.3, -0.25) is 0 Å². The van der Waals surface area contributed by atoms with E-state index in [2.05, 4.69) is 9.55 Å². The van der Waals surface area contributed by atoms with E-state index in [1.54, 1.807) is 7.11 Å². The first-order valence-electron chi connectivity index (χ1n) is 6.17. The molecule has 0 unspecified atom stereocenters.